The third-order valence-electron chi connectivity index (χ3n) is 4.44. The van der Waals surface area contributed by atoms with Crippen molar-refractivity contribution in [3.8, 4) is 5.75 Å². The molecule has 1 aromatic carbocycles. The fraction of sp³-hybridized carbons (Fsp3) is 0.409. The van der Waals surface area contributed by atoms with Crippen LogP contribution in [0.3, 0.4) is 0 Å². The minimum absolute atomic E-state index is 0.0262. The summed E-state index contributed by atoms with van der Waals surface area (Å²) in [7, 11) is 2.97. The summed E-state index contributed by atoms with van der Waals surface area (Å²) in [4.78, 5) is 35.9. The van der Waals surface area contributed by atoms with Gasteiger partial charge in [-0.2, -0.15) is 0 Å². The number of hydrogen-bond donors (Lipinski definition) is 1. The number of amides is 1. The molecule has 0 aliphatic heterocycles. The molecule has 0 bridgehead atoms. The average molecular weight is 399 g/mol. The van der Waals surface area contributed by atoms with Gasteiger partial charge in [-0.3, -0.25) is 14.2 Å². The molecular formula is C22H29N3O4. The lowest BCUT2D eigenvalue weighted by Gasteiger charge is -2.13. The van der Waals surface area contributed by atoms with Gasteiger partial charge in [-0.1, -0.05) is 12.1 Å². The molecule has 1 N–H and O–H groups in total. The highest BCUT2D eigenvalue weighted by Crippen LogP contribution is 2.15. The van der Waals surface area contributed by atoms with E-state index in [1.165, 1.54) is 35.5 Å². The molecule has 1 amide bonds. The molecule has 0 spiro atoms. The molecule has 1 aromatic heterocycles. The summed E-state index contributed by atoms with van der Waals surface area (Å²) < 4.78 is 7.95. The second-order valence-corrected chi connectivity index (χ2v) is 7.43. The Bertz CT molecular complexity index is 985. The Morgan fingerprint density at radius 1 is 1.14 bits per heavy atom. The Kier molecular flexibility index (Phi) is 7.59. The number of aromatic nitrogens is 2. The Hall–Kier alpha value is -3.09. The van der Waals surface area contributed by atoms with Gasteiger partial charge in [0.25, 0.3) is 5.56 Å². The monoisotopic (exact) mass is 399 g/mol. The van der Waals surface area contributed by atoms with Crippen LogP contribution in [0.5, 0.6) is 5.75 Å². The maximum absolute atomic E-state index is 12.1. The Morgan fingerprint density at radius 2 is 1.79 bits per heavy atom. The summed E-state index contributed by atoms with van der Waals surface area (Å²) in [6.07, 6.45) is 5.92. The van der Waals surface area contributed by atoms with E-state index in [1.807, 2.05) is 45.0 Å². The SMILES string of the molecule is CC(CCc1ccc(OC(C)C)cc1)NC(=O)/C=C/c1cn(C)c(=O)n(C)c1=O. The second kappa shape index (κ2) is 9.91. The van der Waals surface area contributed by atoms with Crippen LogP contribution in [0.1, 0.15) is 38.3 Å². The van der Waals surface area contributed by atoms with Gasteiger partial charge in [-0.05, 0) is 57.4 Å². The number of rotatable bonds is 8. The molecule has 0 saturated carbocycles. The van der Waals surface area contributed by atoms with Gasteiger partial charge in [-0.15, -0.1) is 0 Å². The van der Waals surface area contributed by atoms with Crippen LogP contribution in [0.25, 0.3) is 6.08 Å². The first kappa shape index (κ1) is 22.2. The van der Waals surface area contributed by atoms with Crippen molar-refractivity contribution in [2.24, 2.45) is 14.1 Å². The van der Waals surface area contributed by atoms with Crippen molar-refractivity contribution in [1.29, 1.82) is 0 Å². The molecule has 1 heterocycles. The van der Waals surface area contributed by atoms with Gasteiger partial charge >= 0.3 is 5.69 Å². The predicted molar refractivity (Wildman–Crippen MR) is 114 cm³/mol. The first-order valence-electron chi connectivity index (χ1n) is 9.68. The highest BCUT2D eigenvalue weighted by Gasteiger charge is 2.08. The van der Waals surface area contributed by atoms with Crippen LogP contribution in [-0.4, -0.2) is 27.2 Å². The minimum Gasteiger partial charge on any atom is -0.491 e. The van der Waals surface area contributed by atoms with Crippen LogP contribution >= 0.6 is 0 Å². The van der Waals surface area contributed by atoms with E-state index >= 15 is 0 Å². The van der Waals surface area contributed by atoms with Crippen molar-refractivity contribution in [2.45, 2.75) is 45.8 Å². The minimum atomic E-state index is -0.435. The van der Waals surface area contributed by atoms with Crippen molar-refractivity contribution in [2.75, 3.05) is 0 Å². The number of nitrogens with zero attached hydrogens (tertiary/aromatic N) is 2. The number of carbonyl (C=O) groups excluding carboxylic acids is 1. The van der Waals surface area contributed by atoms with Crippen molar-refractivity contribution in [1.82, 2.24) is 14.5 Å². The van der Waals surface area contributed by atoms with Crippen molar-refractivity contribution in [3.05, 3.63) is 68.5 Å². The van der Waals surface area contributed by atoms with Crippen LogP contribution in [0.4, 0.5) is 0 Å². The fourth-order valence-electron chi connectivity index (χ4n) is 2.87. The molecule has 7 nitrogen and oxygen atoms in total. The molecule has 2 aromatic rings. The highest BCUT2D eigenvalue weighted by molar-refractivity contribution is 5.91. The molecule has 7 heteroatoms. The summed E-state index contributed by atoms with van der Waals surface area (Å²) >= 11 is 0. The summed E-state index contributed by atoms with van der Waals surface area (Å²) in [5, 5.41) is 2.89. The first-order chi connectivity index (χ1) is 13.7. The molecule has 0 radical (unpaired) electrons. The molecule has 156 valence electrons. The van der Waals surface area contributed by atoms with E-state index in [0.717, 1.165) is 23.2 Å². The number of carbonyl (C=O) groups is 1. The van der Waals surface area contributed by atoms with Gasteiger partial charge < -0.3 is 14.6 Å². The van der Waals surface area contributed by atoms with E-state index in [4.69, 9.17) is 4.74 Å². The third-order valence-corrected chi connectivity index (χ3v) is 4.44. The predicted octanol–water partition coefficient (Wildman–Crippen LogP) is 2.02. The van der Waals surface area contributed by atoms with Crippen molar-refractivity contribution in [3.63, 3.8) is 0 Å². The number of hydrogen-bond acceptors (Lipinski definition) is 4. The van der Waals surface area contributed by atoms with Gasteiger partial charge in [0, 0.05) is 32.4 Å². The molecule has 0 aliphatic carbocycles. The van der Waals surface area contributed by atoms with E-state index in [1.54, 1.807) is 7.05 Å². The normalized spacial score (nSPS) is 12.3. The molecule has 1 atom stereocenters. The van der Waals surface area contributed by atoms with E-state index in [0.29, 0.717) is 0 Å². The molecule has 0 fully saturated rings. The van der Waals surface area contributed by atoms with E-state index in [9.17, 15) is 14.4 Å². The highest BCUT2D eigenvalue weighted by atomic mass is 16.5. The molecular weight excluding hydrogens is 370 g/mol. The second-order valence-electron chi connectivity index (χ2n) is 7.43. The smallest absolute Gasteiger partial charge is 0.330 e. The Morgan fingerprint density at radius 3 is 2.41 bits per heavy atom. The van der Waals surface area contributed by atoms with Crippen LogP contribution in [0.15, 0.2) is 46.1 Å². The zero-order chi connectivity index (χ0) is 21.6. The maximum atomic E-state index is 12.1. The average Bonchev–Trinajstić information content (AvgIpc) is 2.67. The molecule has 29 heavy (non-hydrogen) atoms. The van der Waals surface area contributed by atoms with Crippen LogP contribution in [0.2, 0.25) is 0 Å². The van der Waals surface area contributed by atoms with Crippen LogP contribution in [0, 0.1) is 0 Å². The largest absolute Gasteiger partial charge is 0.491 e. The standard InChI is InChI=1S/C22H29N3O4/c1-15(2)29-19-11-8-17(9-12-19)7-6-16(3)23-20(26)13-10-18-14-24(4)22(28)25(5)21(18)27/h8-16H,6-7H2,1-5H3,(H,23,26)/b13-10+. The third kappa shape index (κ3) is 6.48. The maximum Gasteiger partial charge on any atom is 0.330 e. The number of nitrogens with one attached hydrogen (secondary N) is 1. The van der Waals surface area contributed by atoms with E-state index in [2.05, 4.69) is 5.32 Å². The Labute approximate surface area is 170 Å². The number of aryl methyl sites for hydroxylation is 2. The molecule has 0 aliphatic rings. The van der Waals surface area contributed by atoms with Gasteiger partial charge in [-0.25, -0.2) is 4.79 Å². The fourth-order valence-corrected chi connectivity index (χ4v) is 2.87. The Balaban J connectivity index is 1.88. The zero-order valence-electron chi connectivity index (χ0n) is 17.6. The topological polar surface area (TPSA) is 82.3 Å². The van der Waals surface area contributed by atoms with Gasteiger partial charge in [0.05, 0.1) is 11.7 Å². The number of ether oxygens (including phenoxy) is 1. The van der Waals surface area contributed by atoms with E-state index < -0.39 is 11.2 Å². The lowest BCUT2D eigenvalue weighted by atomic mass is 10.1. The summed E-state index contributed by atoms with van der Waals surface area (Å²) in [6, 6.07) is 7.94. The van der Waals surface area contributed by atoms with Crippen LogP contribution in [-0.2, 0) is 25.3 Å². The van der Waals surface area contributed by atoms with Crippen molar-refractivity contribution < 1.29 is 9.53 Å². The van der Waals surface area contributed by atoms with Crippen LogP contribution < -0.4 is 21.3 Å². The summed E-state index contributed by atoms with van der Waals surface area (Å²) in [5.74, 6) is 0.564. The summed E-state index contributed by atoms with van der Waals surface area (Å²) in [6.45, 7) is 5.92. The zero-order valence-corrected chi connectivity index (χ0v) is 17.6. The lowest BCUT2D eigenvalue weighted by Crippen LogP contribution is -2.37. The summed E-state index contributed by atoms with van der Waals surface area (Å²) in [5.41, 5.74) is 0.608. The van der Waals surface area contributed by atoms with E-state index in [-0.39, 0.29) is 23.6 Å². The molecule has 2 rings (SSSR count). The lowest BCUT2D eigenvalue weighted by molar-refractivity contribution is -0.117. The number of benzene rings is 1. The van der Waals surface area contributed by atoms with Gasteiger partial charge in [0.1, 0.15) is 5.75 Å². The quantitative estimate of drug-likeness (QED) is 0.689. The van der Waals surface area contributed by atoms with Gasteiger partial charge in [0.2, 0.25) is 5.91 Å². The molecule has 1 unspecified atom stereocenters. The first-order valence-corrected chi connectivity index (χ1v) is 9.68. The van der Waals surface area contributed by atoms with Gasteiger partial charge in [0.15, 0.2) is 0 Å². The molecule has 0 saturated heterocycles. The van der Waals surface area contributed by atoms with Crippen molar-refractivity contribution >= 4 is 12.0 Å².